The summed E-state index contributed by atoms with van der Waals surface area (Å²) in [7, 11) is 2.00. The number of rotatable bonds is 8. The van der Waals surface area contributed by atoms with E-state index in [0.717, 1.165) is 24.7 Å². The fraction of sp³-hybridized carbons (Fsp3) is 0.345. The smallest absolute Gasteiger partial charge is 0.355 e. The van der Waals surface area contributed by atoms with Gasteiger partial charge in [-0.3, -0.25) is 9.69 Å². The van der Waals surface area contributed by atoms with Gasteiger partial charge in [0.05, 0.1) is 17.4 Å². The first kappa shape index (κ1) is 29.1. The van der Waals surface area contributed by atoms with Gasteiger partial charge in [0.15, 0.2) is 0 Å². The Morgan fingerprint density at radius 1 is 1.02 bits per heavy atom. The zero-order valence-electron chi connectivity index (χ0n) is 23.6. The second-order valence-corrected chi connectivity index (χ2v) is 10.3. The predicted octanol–water partition coefficient (Wildman–Crippen LogP) is 4.48. The summed E-state index contributed by atoms with van der Waals surface area (Å²) in [6.45, 7) is 7.73. The molecule has 5 rings (SSSR count). The van der Waals surface area contributed by atoms with Gasteiger partial charge in [-0.05, 0) is 56.3 Å². The lowest BCUT2D eigenvalue weighted by atomic mass is 10.0. The monoisotopic (exact) mass is 579 g/mol. The van der Waals surface area contributed by atoms with E-state index in [9.17, 15) is 18.0 Å². The molecule has 2 aromatic carbocycles. The van der Waals surface area contributed by atoms with Crippen LogP contribution in [0.15, 0.2) is 55.0 Å². The molecular weight excluding hydrogens is 547 g/mol. The van der Waals surface area contributed by atoms with Crippen molar-refractivity contribution in [3.8, 4) is 16.9 Å². The maximum atomic E-state index is 14.0. The molecule has 1 aliphatic rings. The van der Waals surface area contributed by atoms with E-state index in [2.05, 4.69) is 35.8 Å². The molecule has 2 aromatic heterocycles. The van der Waals surface area contributed by atoms with Gasteiger partial charge in [-0.25, -0.2) is 14.6 Å². The number of likely N-dealkylation sites (N-methyl/N-ethyl adjacent to an activating group) is 1. The molecule has 1 saturated heterocycles. The highest BCUT2D eigenvalue weighted by molar-refractivity contribution is 6.04. The predicted molar refractivity (Wildman–Crippen MR) is 153 cm³/mol. The lowest BCUT2D eigenvalue weighted by Gasteiger charge is -2.33. The minimum atomic E-state index is -4.55. The van der Waals surface area contributed by atoms with Crippen LogP contribution in [-0.4, -0.2) is 80.4 Å². The van der Waals surface area contributed by atoms with Crippen LogP contribution in [0.5, 0.6) is 0 Å². The van der Waals surface area contributed by atoms with Crippen LogP contribution >= 0.6 is 0 Å². The first-order chi connectivity index (χ1) is 20.1. The normalized spacial score (nSPS) is 14.6. The van der Waals surface area contributed by atoms with Crippen molar-refractivity contribution < 1.29 is 18.0 Å². The van der Waals surface area contributed by atoms with Crippen LogP contribution in [0.2, 0.25) is 0 Å². The Kier molecular flexibility index (Phi) is 8.50. The number of carbonyl (C=O) groups excluding carboxylic acids is 1. The van der Waals surface area contributed by atoms with E-state index < -0.39 is 17.6 Å². The molecule has 0 saturated carbocycles. The molecule has 4 aromatic rings. The Bertz CT molecular complexity index is 1540. The summed E-state index contributed by atoms with van der Waals surface area (Å²) in [5.41, 5.74) is 2.42. The van der Waals surface area contributed by atoms with Crippen molar-refractivity contribution in [1.29, 1.82) is 0 Å². The Labute approximate surface area is 241 Å². The minimum absolute atomic E-state index is 0.0700. The van der Waals surface area contributed by atoms with Crippen molar-refractivity contribution in [2.75, 3.05) is 50.4 Å². The van der Waals surface area contributed by atoms with Gasteiger partial charge >= 0.3 is 6.18 Å². The van der Waals surface area contributed by atoms with Gasteiger partial charge in [0.25, 0.3) is 5.91 Å². The summed E-state index contributed by atoms with van der Waals surface area (Å²) in [6.07, 6.45) is 0.427. The van der Waals surface area contributed by atoms with Crippen LogP contribution in [-0.2, 0) is 12.7 Å². The van der Waals surface area contributed by atoms with E-state index in [1.807, 2.05) is 25.8 Å². The molecule has 0 aliphatic carbocycles. The molecule has 0 bridgehead atoms. The summed E-state index contributed by atoms with van der Waals surface area (Å²) in [4.78, 5) is 25.8. The Morgan fingerprint density at radius 2 is 1.76 bits per heavy atom. The van der Waals surface area contributed by atoms with Crippen LogP contribution in [0.4, 0.5) is 24.8 Å². The topological polar surface area (TPSA) is 104 Å². The first-order valence-electron chi connectivity index (χ1n) is 13.6. The van der Waals surface area contributed by atoms with Crippen LogP contribution in [0.3, 0.4) is 0 Å². The third kappa shape index (κ3) is 6.74. The fourth-order valence-corrected chi connectivity index (χ4v) is 4.73. The third-order valence-electron chi connectivity index (χ3n) is 7.16. The van der Waals surface area contributed by atoms with Gasteiger partial charge in [0.1, 0.15) is 5.69 Å². The molecule has 0 unspecified atom stereocenters. The number of hydrogen-bond acceptors (Lipinski definition) is 8. The zero-order chi connectivity index (χ0) is 29.9. The van der Waals surface area contributed by atoms with E-state index in [1.165, 1.54) is 16.8 Å². The minimum Gasteiger partial charge on any atom is -0.355 e. The number of carbonyl (C=O) groups is 1. The molecule has 3 heterocycles. The van der Waals surface area contributed by atoms with Crippen LogP contribution in [0, 0.1) is 6.92 Å². The van der Waals surface area contributed by atoms with Gasteiger partial charge in [-0.15, -0.1) is 5.10 Å². The standard InChI is InChI=1S/C29H32F3N9O/c1-4-33-28-34-15-22(16-35-28)25-18-41(38-37-25)26-13-20(6-5-19(26)2)27(42)36-23-8-7-21(24(14-23)29(30,31)32)17-40-11-9-39(3)10-12-40/h5-8,13-16,18H,4,9-12,17H2,1-3H3,(H,36,42)(H,33,34,35). The van der Waals surface area contributed by atoms with Gasteiger partial charge in [0.2, 0.25) is 5.95 Å². The number of aryl methyl sites for hydroxylation is 1. The van der Waals surface area contributed by atoms with Gasteiger partial charge in [0, 0.05) is 68.5 Å². The van der Waals surface area contributed by atoms with Gasteiger partial charge in [-0.1, -0.05) is 17.3 Å². The first-order valence-corrected chi connectivity index (χ1v) is 13.6. The van der Waals surface area contributed by atoms with E-state index in [1.54, 1.807) is 36.8 Å². The third-order valence-corrected chi connectivity index (χ3v) is 7.16. The number of nitrogens with zero attached hydrogens (tertiary/aromatic N) is 7. The van der Waals surface area contributed by atoms with Crippen molar-refractivity contribution in [3.05, 3.63) is 77.2 Å². The number of piperazine rings is 1. The molecule has 1 aliphatic heterocycles. The zero-order valence-corrected chi connectivity index (χ0v) is 23.6. The van der Waals surface area contributed by atoms with Crippen molar-refractivity contribution in [2.24, 2.45) is 0 Å². The number of anilines is 2. The quantitative estimate of drug-likeness (QED) is 0.315. The number of benzene rings is 2. The second kappa shape index (κ2) is 12.2. The largest absolute Gasteiger partial charge is 0.416 e. The summed E-state index contributed by atoms with van der Waals surface area (Å²) in [6, 6.07) is 8.96. The maximum Gasteiger partial charge on any atom is 0.416 e. The van der Waals surface area contributed by atoms with Gasteiger partial charge < -0.3 is 15.5 Å². The van der Waals surface area contributed by atoms with Gasteiger partial charge in [-0.2, -0.15) is 13.2 Å². The molecule has 0 atom stereocenters. The number of halogens is 3. The van der Waals surface area contributed by atoms with Crippen molar-refractivity contribution in [2.45, 2.75) is 26.6 Å². The highest BCUT2D eigenvalue weighted by Gasteiger charge is 2.34. The highest BCUT2D eigenvalue weighted by Crippen LogP contribution is 2.35. The SMILES string of the molecule is CCNc1ncc(-c2cn(-c3cc(C(=O)Nc4ccc(CN5CCN(C)CC5)c(C(F)(F)F)c4)ccc3C)nn2)cn1. The number of nitrogens with one attached hydrogen (secondary N) is 2. The van der Waals surface area contributed by atoms with Crippen LogP contribution < -0.4 is 10.6 Å². The average Bonchev–Trinajstić information content (AvgIpc) is 3.45. The number of alkyl halides is 3. The van der Waals surface area contributed by atoms with E-state index in [4.69, 9.17) is 0 Å². The van der Waals surface area contributed by atoms with Crippen molar-refractivity contribution in [3.63, 3.8) is 0 Å². The molecule has 1 fully saturated rings. The molecular formula is C29H32F3N9O. The summed E-state index contributed by atoms with van der Waals surface area (Å²) >= 11 is 0. The molecule has 0 spiro atoms. The lowest BCUT2D eigenvalue weighted by molar-refractivity contribution is -0.138. The molecule has 0 radical (unpaired) electrons. The van der Waals surface area contributed by atoms with E-state index in [0.29, 0.717) is 42.5 Å². The molecule has 220 valence electrons. The van der Waals surface area contributed by atoms with Crippen molar-refractivity contribution >= 4 is 17.5 Å². The number of hydrogen-bond donors (Lipinski definition) is 2. The fourth-order valence-electron chi connectivity index (χ4n) is 4.73. The molecule has 13 heteroatoms. The number of amides is 1. The summed E-state index contributed by atoms with van der Waals surface area (Å²) < 4.78 is 43.5. The summed E-state index contributed by atoms with van der Waals surface area (Å²) in [5.74, 6) is -0.0285. The van der Waals surface area contributed by atoms with E-state index >= 15 is 0 Å². The average molecular weight is 580 g/mol. The Hall–Kier alpha value is -4.36. The Morgan fingerprint density at radius 3 is 2.45 bits per heavy atom. The molecule has 1 amide bonds. The van der Waals surface area contributed by atoms with Crippen molar-refractivity contribution in [1.82, 2.24) is 34.8 Å². The lowest BCUT2D eigenvalue weighted by Crippen LogP contribution is -2.44. The highest BCUT2D eigenvalue weighted by atomic mass is 19.4. The molecule has 42 heavy (non-hydrogen) atoms. The number of aromatic nitrogens is 5. The summed E-state index contributed by atoms with van der Waals surface area (Å²) in [5, 5.41) is 14.1. The van der Waals surface area contributed by atoms with Crippen LogP contribution in [0.25, 0.3) is 16.9 Å². The van der Waals surface area contributed by atoms with Crippen LogP contribution in [0.1, 0.15) is 34.0 Å². The molecule has 2 N–H and O–H groups in total. The van der Waals surface area contributed by atoms with E-state index in [-0.39, 0.29) is 23.4 Å². The second-order valence-electron chi connectivity index (χ2n) is 10.3. The maximum absolute atomic E-state index is 14.0. The molecule has 10 nitrogen and oxygen atoms in total. The Balaban J connectivity index is 1.33.